The monoisotopic (exact) mass is 489 g/mol. The van der Waals surface area contributed by atoms with Crippen LogP contribution in [0.15, 0.2) is 24.3 Å². The fraction of sp³-hybridized carbons (Fsp3) is 0.458. The maximum Gasteiger partial charge on any atom is 0.182 e. The van der Waals surface area contributed by atoms with Crippen LogP contribution in [-0.2, 0) is 24.0 Å². The second-order valence-corrected chi connectivity index (χ2v) is 10.0. The number of ketones is 1. The van der Waals surface area contributed by atoms with Gasteiger partial charge >= 0.3 is 0 Å². The van der Waals surface area contributed by atoms with Gasteiger partial charge in [0.25, 0.3) is 0 Å². The van der Waals surface area contributed by atoms with Crippen molar-refractivity contribution in [1.82, 2.24) is 9.88 Å². The fourth-order valence-corrected chi connectivity index (χ4v) is 3.72. The normalized spacial score (nSPS) is 13.8. The van der Waals surface area contributed by atoms with Crippen molar-refractivity contribution in [3.63, 3.8) is 0 Å². The molecule has 3 rings (SSSR count). The van der Waals surface area contributed by atoms with Gasteiger partial charge in [0, 0.05) is 28.8 Å². The predicted octanol–water partition coefficient (Wildman–Crippen LogP) is 4.48. The number of carbonyl (C=O) groups excluding carboxylic acids is 1. The second-order valence-electron chi connectivity index (χ2n) is 10.0. The highest BCUT2D eigenvalue weighted by Crippen LogP contribution is 2.40. The maximum atomic E-state index is 13.2. The summed E-state index contributed by atoms with van der Waals surface area (Å²) in [5.41, 5.74) is 3.29. The van der Waals surface area contributed by atoms with E-state index in [0.717, 1.165) is 16.7 Å². The minimum Gasteiger partial charge on any atom is -0.507 e. The van der Waals surface area contributed by atoms with E-state index in [0.29, 0.717) is 23.5 Å². The lowest BCUT2D eigenvalue weighted by Crippen LogP contribution is -2.31. The Kier molecular flexibility index (Phi) is 7.03. The molecule has 0 radical (unpaired) electrons. The van der Waals surface area contributed by atoms with Gasteiger partial charge in [-0.15, -0.1) is 17.0 Å². The predicted molar refractivity (Wildman–Crippen MR) is 128 cm³/mol. The van der Waals surface area contributed by atoms with E-state index in [1.165, 1.54) is 0 Å². The van der Waals surface area contributed by atoms with Crippen LogP contribution in [-0.4, -0.2) is 38.3 Å². The zero-order valence-corrected chi connectivity index (χ0v) is 20.7. The number of benzene rings is 1. The summed E-state index contributed by atoms with van der Waals surface area (Å²) in [4.78, 5) is 19.2. The van der Waals surface area contributed by atoms with Gasteiger partial charge in [0.2, 0.25) is 0 Å². The summed E-state index contributed by atoms with van der Waals surface area (Å²) in [5, 5.41) is 28.6. The lowest BCUT2D eigenvalue weighted by atomic mass is 9.78. The molecule has 0 atom stereocenters. The molecule has 6 nitrogen and oxygen atoms in total. The minimum absolute atomic E-state index is 0. The van der Waals surface area contributed by atoms with Crippen molar-refractivity contribution in [2.24, 2.45) is 0 Å². The molecule has 31 heavy (non-hydrogen) atoms. The van der Waals surface area contributed by atoms with Crippen molar-refractivity contribution in [3.8, 4) is 5.75 Å². The average Bonchev–Trinajstić information content (AvgIpc) is 2.95. The van der Waals surface area contributed by atoms with Crippen molar-refractivity contribution >= 4 is 28.6 Å². The van der Waals surface area contributed by atoms with Crippen LogP contribution in [0.1, 0.15) is 80.0 Å². The zero-order chi connectivity index (χ0) is 22.4. The number of carbonyl (C=O) groups is 1. The molecule has 3 N–H and O–H groups in total. The van der Waals surface area contributed by atoms with E-state index in [-0.39, 0.29) is 58.3 Å². The Bertz CT molecular complexity index is 985. The number of nitrogens with zero attached hydrogens (tertiary/aromatic N) is 2. The summed E-state index contributed by atoms with van der Waals surface area (Å²) in [7, 11) is 0. The number of aliphatic hydroxyl groups is 1. The van der Waals surface area contributed by atoms with Crippen LogP contribution in [0.2, 0.25) is 0 Å². The van der Waals surface area contributed by atoms with Gasteiger partial charge in [-0.05, 0) is 29.0 Å². The standard InChI is InChI=1S/C24H31N3O3.BrH/c1-23(2,3)17-9-15(10-18(21(17)30)24(4,5)6)19(29)12-27-11-14-7-8-16(13-28)26-20(14)22(27)25;/h7-10,25,28,30H,11-13H2,1-6H3;1H. The summed E-state index contributed by atoms with van der Waals surface area (Å²) >= 11 is 0. The number of fused-ring (bicyclic) bond motifs is 1. The highest BCUT2D eigenvalue weighted by atomic mass is 79.9. The van der Waals surface area contributed by atoms with E-state index in [1.807, 2.05) is 47.6 Å². The van der Waals surface area contributed by atoms with Crippen molar-refractivity contribution in [1.29, 1.82) is 5.41 Å². The van der Waals surface area contributed by atoms with E-state index >= 15 is 0 Å². The Balaban J connectivity index is 0.00000341. The molecule has 0 aliphatic carbocycles. The Morgan fingerprint density at radius 3 is 2.13 bits per heavy atom. The van der Waals surface area contributed by atoms with E-state index in [1.54, 1.807) is 23.1 Å². The van der Waals surface area contributed by atoms with E-state index in [4.69, 9.17) is 5.41 Å². The first-order chi connectivity index (χ1) is 13.8. The molecule has 1 aromatic carbocycles. The molecule has 0 saturated carbocycles. The Labute approximate surface area is 194 Å². The lowest BCUT2D eigenvalue weighted by Gasteiger charge is -2.28. The maximum absolute atomic E-state index is 13.2. The SMILES string of the molecule is Br.CC(C)(C)c1cc(C(=O)CN2Cc3ccc(CO)nc3C2=N)cc(C(C)(C)C)c1O. The summed E-state index contributed by atoms with van der Waals surface area (Å²) in [6, 6.07) is 7.15. The molecule has 7 heteroatoms. The number of hydrogen-bond donors (Lipinski definition) is 3. The number of aromatic nitrogens is 1. The third-order valence-electron chi connectivity index (χ3n) is 5.48. The van der Waals surface area contributed by atoms with Crippen LogP contribution in [0, 0.1) is 5.41 Å². The van der Waals surface area contributed by atoms with E-state index in [9.17, 15) is 15.0 Å². The van der Waals surface area contributed by atoms with Gasteiger partial charge in [0.15, 0.2) is 5.78 Å². The van der Waals surface area contributed by atoms with E-state index < -0.39 is 0 Å². The summed E-state index contributed by atoms with van der Waals surface area (Å²) in [6.45, 7) is 12.4. The highest BCUT2D eigenvalue weighted by Gasteiger charge is 2.30. The number of Topliss-reactive ketones (excluding diaryl/α,β-unsaturated/α-hetero) is 1. The van der Waals surface area contributed by atoms with Gasteiger partial charge < -0.3 is 15.1 Å². The summed E-state index contributed by atoms with van der Waals surface area (Å²) < 4.78 is 0. The first kappa shape index (κ1) is 25.0. The number of aromatic hydroxyl groups is 1. The molecule has 0 unspecified atom stereocenters. The second kappa shape index (κ2) is 8.71. The van der Waals surface area contributed by atoms with Gasteiger partial charge in [-0.2, -0.15) is 0 Å². The molecule has 0 amide bonds. The minimum atomic E-state index is -0.318. The molecule has 1 aliphatic heterocycles. The van der Waals surface area contributed by atoms with Crippen molar-refractivity contribution < 1.29 is 15.0 Å². The molecule has 0 fully saturated rings. The van der Waals surface area contributed by atoms with Gasteiger partial charge in [0.1, 0.15) is 17.3 Å². The fourth-order valence-electron chi connectivity index (χ4n) is 3.72. The molecule has 0 spiro atoms. The third kappa shape index (κ3) is 4.99. The van der Waals surface area contributed by atoms with Gasteiger partial charge in [0.05, 0.1) is 18.8 Å². The van der Waals surface area contributed by atoms with Crippen LogP contribution in [0.4, 0.5) is 0 Å². The molecular weight excluding hydrogens is 458 g/mol. The number of pyridine rings is 1. The number of nitrogens with one attached hydrogen (secondary N) is 1. The molecule has 0 bridgehead atoms. The zero-order valence-electron chi connectivity index (χ0n) is 19.0. The van der Waals surface area contributed by atoms with Gasteiger partial charge in [-0.1, -0.05) is 47.6 Å². The van der Waals surface area contributed by atoms with Crippen LogP contribution < -0.4 is 0 Å². The van der Waals surface area contributed by atoms with Crippen LogP contribution in [0.5, 0.6) is 5.75 Å². The molecule has 1 aliphatic rings. The number of phenolic OH excluding ortho intramolecular Hbond substituents is 1. The number of aliphatic hydroxyl groups excluding tert-OH is 1. The first-order valence-corrected chi connectivity index (χ1v) is 10.2. The van der Waals surface area contributed by atoms with E-state index in [2.05, 4.69) is 4.98 Å². The smallest absolute Gasteiger partial charge is 0.182 e. The molecule has 168 valence electrons. The van der Waals surface area contributed by atoms with Crippen LogP contribution in [0.25, 0.3) is 0 Å². The molecule has 2 aromatic rings. The number of amidine groups is 1. The number of phenols is 1. The molecular formula is C24H32BrN3O3. The number of hydrogen-bond acceptors (Lipinski definition) is 5. The Morgan fingerprint density at radius 2 is 1.65 bits per heavy atom. The molecule has 1 aromatic heterocycles. The van der Waals surface area contributed by atoms with Crippen molar-refractivity contribution in [2.75, 3.05) is 6.54 Å². The van der Waals surface area contributed by atoms with Crippen molar-refractivity contribution in [3.05, 3.63) is 57.9 Å². The first-order valence-electron chi connectivity index (χ1n) is 10.2. The van der Waals surface area contributed by atoms with Gasteiger partial charge in [-0.3, -0.25) is 10.2 Å². The van der Waals surface area contributed by atoms with Crippen molar-refractivity contribution in [2.45, 2.75) is 65.5 Å². The molecule has 2 heterocycles. The summed E-state index contributed by atoms with van der Waals surface area (Å²) in [5.74, 6) is 0.332. The third-order valence-corrected chi connectivity index (χ3v) is 5.48. The molecule has 0 saturated heterocycles. The topological polar surface area (TPSA) is 97.5 Å². The number of rotatable bonds is 4. The van der Waals surface area contributed by atoms with Crippen LogP contribution >= 0.6 is 17.0 Å². The quantitative estimate of drug-likeness (QED) is 0.550. The Hall–Kier alpha value is -2.25. The summed E-state index contributed by atoms with van der Waals surface area (Å²) in [6.07, 6.45) is 0. The number of halogens is 1. The Morgan fingerprint density at radius 1 is 1.10 bits per heavy atom. The largest absolute Gasteiger partial charge is 0.507 e. The highest BCUT2D eigenvalue weighted by molar-refractivity contribution is 8.93. The van der Waals surface area contributed by atoms with Crippen LogP contribution in [0.3, 0.4) is 0 Å². The lowest BCUT2D eigenvalue weighted by molar-refractivity contribution is 0.0962. The average molecular weight is 490 g/mol. The van der Waals surface area contributed by atoms with Gasteiger partial charge in [-0.25, -0.2) is 4.98 Å².